The molecule has 0 spiro atoms. The Labute approximate surface area is 151 Å². The topological polar surface area (TPSA) is 79.6 Å². The summed E-state index contributed by atoms with van der Waals surface area (Å²) in [7, 11) is 3.69. The molecule has 0 saturated carbocycles. The highest BCUT2D eigenvalue weighted by Crippen LogP contribution is 2.19. The molecule has 8 heteroatoms. The normalized spacial score (nSPS) is 17.7. The number of guanidine groups is 1. The molecular formula is C17H33N7O. The lowest BCUT2D eigenvalue weighted by molar-refractivity contribution is 0.00272. The van der Waals surface area contributed by atoms with Gasteiger partial charge in [0.05, 0.1) is 19.8 Å². The third kappa shape index (κ3) is 5.67. The van der Waals surface area contributed by atoms with Crippen LogP contribution in [0, 0.1) is 5.92 Å². The number of rotatable bonds is 8. The molecule has 1 fully saturated rings. The van der Waals surface area contributed by atoms with Crippen molar-refractivity contribution in [3.05, 3.63) is 12.2 Å². The van der Waals surface area contributed by atoms with Crippen molar-refractivity contribution in [1.29, 1.82) is 0 Å². The summed E-state index contributed by atoms with van der Waals surface area (Å²) in [4.78, 5) is 11.1. The van der Waals surface area contributed by atoms with E-state index in [1.807, 2.05) is 7.05 Å². The van der Waals surface area contributed by atoms with Crippen LogP contribution in [0.25, 0.3) is 0 Å². The van der Waals surface area contributed by atoms with Crippen LogP contribution in [0.5, 0.6) is 0 Å². The molecule has 1 aromatic rings. The molecule has 1 aromatic heterocycles. The van der Waals surface area contributed by atoms with E-state index in [1.165, 1.54) is 12.8 Å². The first-order chi connectivity index (χ1) is 12.2. The van der Waals surface area contributed by atoms with Crippen LogP contribution in [-0.2, 0) is 18.3 Å². The van der Waals surface area contributed by atoms with Crippen molar-refractivity contribution in [1.82, 2.24) is 30.3 Å². The van der Waals surface area contributed by atoms with Gasteiger partial charge in [0.25, 0.3) is 0 Å². The van der Waals surface area contributed by atoms with E-state index in [9.17, 15) is 0 Å². The lowest BCUT2D eigenvalue weighted by Crippen LogP contribution is -2.53. The minimum atomic E-state index is 0.493. The average molecular weight is 351 g/mol. The van der Waals surface area contributed by atoms with Gasteiger partial charge in [-0.2, -0.15) is 5.10 Å². The molecule has 2 N–H and O–H groups in total. The molecule has 142 valence electrons. The van der Waals surface area contributed by atoms with E-state index in [0.29, 0.717) is 18.5 Å². The number of hydrogen-bond acceptors (Lipinski definition) is 5. The van der Waals surface area contributed by atoms with Crippen LogP contribution in [0.15, 0.2) is 11.3 Å². The molecule has 1 aliphatic heterocycles. The van der Waals surface area contributed by atoms with Gasteiger partial charge in [0.2, 0.25) is 0 Å². The molecular weight excluding hydrogens is 318 g/mol. The molecule has 1 aliphatic rings. The summed E-state index contributed by atoms with van der Waals surface area (Å²) in [5.74, 6) is 2.35. The SMILES string of the molecule is CCC(CC)C(CNC(=NC)NCc1ncnn1C)N1CCOCC1. The van der Waals surface area contributed by atoms with Gasteiger partial charge in [0.1, 0.15) is 12.2 Å². The lowest BCUT2D eigenvalue weighted by atomic mass is 9.92. The quantitative estimate of drug-likeness (QED) is 0.528. The van der Waals surface area contributed by atoms with Crippen molar-refractivity contribution in [2.24, 2.45) is 18.0 Å². The molecule has 1 saturated heterocycles. The predicted molar refractivity (Wildman–Crippen MR) is 99.5 cm³/mol. The zero-order chi connectivity index (χ0) is 18.1. The lowest BCUT2D eigenvalue weighted by Gasteiger charge is -2.39. The van der Waals surface area contributed by atoms with E-state index in [4.69, 9.17) is 4.74 Å². The Morgan fingerprint density at radius 2 is 2.00 bits per heavy atom. The highest BCUT2D eigenvalue weighted by molar-refractivity contribution is 5.79. The first kappa shape index (κ1) is 19.7. The van der Waals surface area contributed by atoms with E-state index in [2.05, 4.69) is 44.5 Å². The number of nitrogens with one attached hydrogen (secondary N) is 2. The Morgan fingerprint density at radius 1 is 1.28 bits per heavy atom. The van der Waals surface area contributed by atoms with Gasteiger partial charge in [0, 0.05) is 39.8 Å². The highest BCUT2D eigenvalue weighted by Gasteiger charge is 2.27. The van der Waals surface area contributed by atoms with Crippen molar-refractivity contribution in [2.75, 3.05) is 39.9 Å². The number of hydrogen-bond donors (Lipinski definition) is 2. The summed E-state index contributed by atoms with van der Waals surface area (Å²) in [6, 6.07) is 0.493. The number of morpholine rings is 1. The van der Waals surface area contributed by atoms with Gasteiger partial charge in [-0.3, -0.25) is 14.6 Å². The van der Waals surface area contributed by atoms with E-state index >= 15 is 0 Å². The second-order valence-electron chi connectivity index (χ2n) is 6.40. The van der Waals surface area contributed by atoms with Gasteiger partial charge in [-0.25, -0.2) is 4.98 Å². The number of nitrogens with zero attached hydrogens (tertiary/aromatic N) is 5. The Kier molecular flexibility index (Phi) is 8.14. The van der Waals surface area contributed by atoms with Gasteiger partial charge in [0.15, 0.2) is 5.96 Å². The smallest absolute Gasteiger partial charge is 0.191 e. The maximum Gasteiger partial charge on any atom is 0.191 e. The first-order valence-electron chi connectivity index (χ1n) is 9.28. The minimum absolute atomic E-state index is 0.493. The molecule has 0 aliphatic carbocycles. The van der Waals surface area contributed by atoms with Crippen LogP contribution in [0.1, 0.15) is 32.5 Å². The average Bonchev–Trinajstić information content (AvgIpc) is 3.06. The monoisotopic (exact) mass is 351 g/mol. The van der Waals surface area contributed by atoms with Gasteiger partial charge >= 0.3 is 0 Å². The molecule has 2 heterocycles. The van der Waals surface area contributed by atoms with Crippen LogP contribution in [0.3, 0.4) is 0 Å². The zero-order valence-corrected chi connectivity index (χ0v) is 16.0. The Balaban J connectivity index is 1.91. The molecule has 1 atom stereocenters. The van der Waals surface area contributed by atoms with Crippen molar-refractivity contribution >= 4 is 5.96 Å². The predicted octanol–water partition coefficient (Wildman–Crippen LogP) is 0.617. The minimum Gasteiger partial charge on any atom is -0.379 e. The van der Waals surface area contributed by atoms with Crippen LogP contribution in [0.4, 0.5) is 0 Å². The maximum absolute atomic E-state index is 5.52. The van der Waals surface area contributed by atoms with Gasteiger partial charge in [-0.05, 0) is 5.92 Å². The second-order valence-corrected chi connectivity index (χ2v) is 6.40. The molecule has 0 radical (unpaired) electrons. The number of aryl methyl sites for hydroxylation is 1. The molecule has 0 amide bonds. The maximum atomic E-state index is 5.52. The summed E-state index contributed by atoms with van der Waals surface area (Å²) < 4.78 is 7.29. The van der Waals surface area contributed by atoms with Crippen LogP contribution in [-0.4, -0.2) is 71.6 Å². The Hall–Kier alpha value is -1.67. The fourth-order valence-electron chi connectivity index (χ4n) is 3.40. The summed E-state index contributed by atoms with van der Waals surface area (Å²) in [5.41, 5.74) is 0. The zero-order valence-electron chi connectivity index (χ0n) is 16.0. The van der Waals surface area contributed by atoms with Crippen LogP contribution >= 0.6 is 0 Å². The van der Waals surface area contributed by atoms with Gasteiger partial charge < -0.3 is 15.4 Å². The Bertz CT molecular complexity index is 521. The van der Waals surface area contributed by atoms with E-state index in [1.54, 1.807) is 18.1 Å². The molecule has 25 heavy (non-hydrogen) atoms. The summed E-state index contributed by atoms with van der Waals surface area (Å²) in [6.07, 6.45) is 3.94. The van der Waals surface area contributed by atoms with Crippen molar-refractivity contribution < 1.29 is 4.74 Å². The second kappa shape index (κ2) is 10.4. The molecule has 2 rings (SSSR count). The van der Waals surface area contributed by atoms with Crippen LogP contribution < -0.4 is 10.6 Å². The molecule has 1 unspecified atom stereocenters. The molecule has 0 aromatic carbocycles. The van der Waals surface area contributed by atoms with E-state index in [-0.39, 0.29) is 0 Å². The summed E-state index contributed by atoms with van der Waals surface area (Å²) in [5, 5.41) is 10.9. The third-order valence-electron chi connectivity index (χ3n) is 5.03. The van der Waals surface area contributed by atoms with Crippen LogP contribution in [0.2, 0.25) is 0 Å². The van der Waals surface area contributed by atoms with E-state index in [0.717, 1.165) is 44.6 Å². The van der Waals surface area contributed by atoms with Crippen molar-refractivity contribution in [3.8, 4) is 0 Å². The number of aliphatic imine (C=N–C) groups is 1. The Morgan fingerprint density at radius 3 is 2.56 bits per heavy atom. The largest absolute Gasteiger partial charge is 0.379 e. The molecule has 8 nitrogen and oxygen atoms in total. The fraction of sp³-hybridized carbons (Fsp3) is 0.824. The number of ether oxygens (including phenoxy) is 1. The van der Waals surface area contributed by atoms with Gasteiger partial charge in [-0.15, -0.1) is 0 Å². The van der Waals surface area contributed by atoms with Crippen molar-refractivity contribution in [3.63, 3.8) is 0 Å². The summed E-state index contributed by atoms with van der Waals surface area (Å²) in [6.45, 7) is 9.72. The van der Waals surface area contributed by atoms with Crippen molar-refractivity contribution in [2.45, 2.75) is 39.3 Å². The molecule has 0 bridgehead atoms. The fourth-order valence-corrected chi connectivity index (χ4v) is 3.40. The van der Waals surface area contributed by atoms with Gasteiger partial charge in [-0.1, -0.05) is 26.7 Å². The summed E-state index contributed by atoms with van der Waals surface area (Å²) >= 11 is 0. The number of aromatic nitrogens is 3. The standard InChI is InChI=1S/C17H33N7O/c1-5-14(6-2)15(24-7-9-25-10-8-24)11-19-17(18-3)20-12-16-21-13-22-23(16)4/h13-15H,5-12H2,1-4H3,(H2,18,19,20). The first-order valence-corrected chi connectivity index (χ1v) is 9.28. The van der Waals surface area contributed by atoms with E-state index < -0.39 is 0 Å². The third-order valence-corrected chi connectivity index (χ3v) is 5.03. The highest BCUT2D eigenvalue weighted by atomic mass is 16.5.